The fourth-order valence-corrected chi connectivity index (χ4v) is 0. The molecule has 0 fully saturated rings. The number of hydrogen-bond acceptors (Lipinski definition) is 1. The molecular weight excluding hydrogens is 100 g/mol. The highest BCUT2D eigenvalue weighted by Crippen LogP contribution is 1.54. The number of carbonyl (C=O) groups is 1. The second-order valence-corrected chi connectivity index (χ2v) is 0.542. The monoisotopic (exact) mass is 104 g/mol. The Morgan fingerprint density at radius 2 is 2.00 bits per heavy atom. The first-order chi connectivity index (χ1) is 2.27. The topological polar surface area (TPSA) is 37.3 Å². The van der Waals surface area contributed by atoms with E-state index in [9.17, 15) is 4.79 Å². The molecule has 0 saturated heterocycles. The van der Waals surface area contributed by atoms with Gasteiger partial charge < -0.3 is 5.11 Å². The molecular formula is C3H4O2S. The first kappa shape index (κ1) is 9.12. The van der Waals surface area contributed by atoms with Gasteiger partial charge in [0, 0.05) is 19.6 Å². The summed E-state index contributed by atoms with van der Waals surface area (Å²) in [5.74, 6) is -0.981. The molecule has 0 saturated carbocycles. The Bertz CT molecular complexity index is 59.8. The van der Waals surface area contributed by atoms with Crippen molar-refractivity contribution in [2.24, 2.45) is 0 Å². The lowest BCUT2D eigenvalue weighted by atomic mass is 10.7. The Hall–Kier alpha value is -0.440. The molecule has 0 atom stereocenters. The van der Waals surface area contributed by atoms with Gasteiger partial charge in [-0.1, -0.05) is 6.58 Å². The van der Waals surface area contributed by atoms with Crippen LogP contribution in [0.3, 0.4) is 0 Å². The molecule has 0 amide bonds. The minimum absolute atomic E-state index is 0. The van der Waals surface area contributed by atoms with E-state index in [1.54, 1.807) is 0 Å². The van der Waals surface area contributed by atoms with Crippen molar-refractivity contribution in [1.82, 2.24) is 0 Å². The van der Waals surface area contributed by atoms with Crippen LogP contribution in [-0.4, -0.2) is 11.1 Å². The van der Waals surface area contributed by atoms with Crippen LogP contribution in [0.2, 0.25) is 0 Å². The molecule has 0 aliphatic carbocycles. The van der Waals surface area contributed by atoms with Gasteiger partial charge in [0.25, 0.3) is 0 Å². The van der Waals surface area contributed by atoms with Crippen LogP contribution in [0.5, 0.6) is 0 Å². The van der Waals surface area contributed by atoms with Gasteiger partial charge in [-0.2, -0.15) is 0 Å². The first-order valence-electron chi connectivity index (χ1n) is 1.12. The van der Waals surface area contributed by atoms with Crippen molar-refractivity contribution in [3.63, 3.8) is 0 Å². The molecule has 0 aromatic carbocycles. The van der Waals surface area contributed by atoms with E-state index in [1.807, 2.05) is 0 Å². The molecule has 0 aromatic rings. The molecule has 0 aromatic heterocycles. The van der Waals surface area contributed by atoms with E-state index in [2.05, 4.69) is 6.58 Å². The van der Waals surface area contributed by atoms with Crippen LogP contribution >= 0.6 is 13.5 Å². The number of aliphatic carboxylic acids is 1. The molecule has 0 aliphatic heterocycles. The molecule has 6 heavy (non-hydrogen) atoms. The van der Waals surface area contributed by atoms with Crippen molar-refractivity contribution in [2.75, 3.05) is 0 Å². The summed E-state index contributed by atoms with van der Waals surface area (Å²) < 4.78 is 0. The largest absolute Gasteiger partial charge is 0.478 e. The highest BCUT2D eigenvalue weighted by molar-refractivity contribution is 7.59. The van der Waals surface area contributed by atoms with Gasteiger partial charge in [0.1, 0.15) is 0 Å². The van der Waals surface area contributed by atoms with E-state index in [-0.39, 0.29) is 13.5 Å². The molecule has 3 heteroatoms. The van der Waals surface area contributed by atoms with Crippen LogP contribution in [0.25, 0.3) is 0 Å². The number of hydrogen-bond donors (Lipinski definition) is 1. The first-order valence-corrected chi connectivity index (χ1v) is 1.12. The van der Waals surface area contributed by atoms with Gasteiger partial charge in [0.2, 0.25) is 0 Å². The van der Waals surface area contributed by atoms with Crippen molar-refractivity contribution in [2.45, 2.75) is 0 Å². The lowest BCUT2D eigenvalue weighted by Crippen LogP contribution is -1.82. The summed E-state index contributed by atoms with van der Waals surface area (Å²) in [6.07, 6.45) is 0.833. The Morgan fingerprint density at radius 1 is 1.83 bits per heavy atom. The maximum absolute atomic E-state index is 9.25. The molecule has 0 heterocycles. The van der Waals surface area contributed by atoms with Gasteiger partial charge in [-0.15, -0.1) is 0 Å². The highest BCUT2D eigenvalue weighted by atomic mass is 32.1. The lowest BCUT2D eigenvalue weighted by Gasteiger charge is -1.64. The fraction of sp³-hybridized carbons (Fsp3) is 0. The fourth-order valence-electron chi connectivity index (χ4n) is 0. The van der Waals surface area contributed by atoms with Crippen LogP contribution < -0.4 is 0 Å². The SMILES string of the molecule is C=CC(=O)O.[S]. The van der Waals surface area contributed by atoms with Crippen LogP contribution in [0.1, 0.15) is 0 Å². The van der Waals surface area contributed by atoms with E-state index in [1.165, 1.54) is 0 Å². The third-order valence-electron chi connectivity index (χ3n) is 0.175. The number of rotatable bonds is 1. The van der Waals surface area contributed by atoms with Crippen molar-refractivity contribution in [1.29, 1.82) is 0 Å². The highest BCUT2D eigenvalue weighted by Gasteiger charge is 1.73. The summed E-state index contributed by atoms with van der Waals surface area (Å²) in [6.45, 7) is 2.96. The van der Waals surface area contributed by atoms with Crippen molar-refractivity contribution in [3.8, 4) is 0 Å². The second kappa shape index (κ2) is 4.56. The molecule has 1 N–H and O–H groups in total. The summed E-state index contributed by atoms with van der Waals surface area (Å²) in [5.41, 5.74) is 0. The number of carboxylic acids is 1. The third kappa shape index (κ3) is 9.59. The van der Waals surface area contributed by atoms with Crippen molar-refractivity contribution >= 4 is 19.5 Å². The average Bonchev–Trinajstić information content (AvgIpc) is 1.38. The molecule has 0 spiro atoms. The molecule has 0 unspecified atom stereocenters. The van der Waals surface area contributed by atoms with E-state index < -0.39 is 5.97 Å². The third-order valence-corrected chi connectivity index (χ3v) is 0.175. The second-order valence-electron chi connectivity index (χ2n) is 0.542. The molecule has 34 valence electrons. The normalized spacial score (nSPS) is 5.33. The van der Waals surface area contributed by atoms with E-state index >= 15 is 0 Å². The predicted molar refractivity (Wildman–Crippen MR) is 25.4 cm³/mol. The molecule has 2 nitrogen and oxygen atoms in total. The summed E-state index contributed by atoms with van der Waals surface area (Å²) >= 11 is 0. The molecule has 0 bridgehead atoms. The predicted octanol–water partition coefficient (Wildman–Crippen LogP) is 0.905. The molecule has 2 radical (unpaired) electrons. The minimum Gasteiger partial charge on any atom is -0.478 e. The van der Waals surface area contributed by atoms with Gasteiger partial charge in [-0.3, -0.25) is 0 Å². The quantitative estimate of drug-likeness (QED) is 0.502. The van der Waals surface area contributed by atoms with E-state index in [0.717, 1.165) is 6.08 Å². The maximum atomic E-state index is 9.25. The Labute approximate surface area is 42.9 Å². The van der Waals surface area contributed by atoms with Gasteiger partial charge >= 0.3 is 5.97 Å². The van der Waals surface area contributed by atoms with E-state index in [0.29, 0.717) is 0 Å². The van der Waals surface area contributed by atoms with Crippen molar-refractivity contribution in [3.05, 3.63) is 12.7 Å². The molecule has 0 rings (SSSR count). The van der Waals surface area contributed by atoms with Crippen molar-refractivity contribution < 1.29 is 9.90 Å². The van der Waals surface area contributed by atoms with Gasteiger partial charge in [-0.25, -0.2) is 4.79 Å². The van der Waals surface area contributed by atoms with Crippen LogP contribution in [0.4, 0.5) is 0 Å². The Balaban J connectivity index is 0. The summed E-state index contributed by atoms with van der Waals surface area (Å²) in [4.78, 5) is 9.25. The number of carboxylic acid groups (broad SMARTS) is 1. The standard InChI is InChI=1S/C3H4O2.S/c1-2-3(4)5;/h2H,1H2,(H,4,5);. The smallest absolute Gasteiger partial charge is 0.327 e. The summed E-state index contributed by atoms with van der Waals surface area (Å²) in [7, 11) is 0. The van der Waals surface area contributed by atoms with Gasteiger partial charge in [0.05, 0.1) is 0 Å². The average molecular weight is 104 g/mol. The zero-order valence-corrected chi connectivity index (χ0v) is 3.86. The van der Waals surface area contributed by atoms with E-state index in [4.69, 9.17) is 5.11 Å². The van der Waals surface area contributed by atoms with Gasteiger partial charge in [-0.05, 0) is 0 Å². The zero-order chi connectivity index (χ0) is 4.28. The minimum atomic E-state index is -0.981. The summed E-state index contributed by atoms with van der Waals surface area (Å²) in [5, 5.41) is 7.60. The molecule has 0 aliphatic rings. The zero-order valence-electron chi connectivity index (χ0n) is 3.05. The maximum Gasteiger partial charge on any atom is 0.327 e. The summed E-state index contributed by atoms with van der Waals surface area (Å²) in [6, 6.07) is 0. The Morgan fingerprint density at radius 3 is 2.00 bits per heavy atom. The lowest BCUT2D eigenvalue weighted by molar-refractivity contribution is -0.131. The van der Waals surface area contributed by atoms with Crippen LogP contribution in [-0.2, 0) is 4.79 Å². The van der Waals surface area contributed by atoms with Crippen LogP contribution in [0, 0.1) is 0 Å². The Kier molecular flexibility index (Phi) is 6.93. The van der Waals surface area contributed by atoms with Gasteiger partial charge in [0.15, 0.2) is 0 Å². The van der Waals surface area contributed by atoms with Crippen LogP contribution in [0.15, 0.2) is 12.7 Å².